The molecule has 0 spiro atoms. The molecule has 0 aliphatic rings. The van der Waals surface area contributed by atoms with Crippen molar-refractivity contribution in [3.05, 3.63) is 27.5 Å². The number of aromatic nitrogens is 4. The van der Waals surface area contributed by atoms with Crippen molar-refractivity contribution in [1.29, 1.82) is 0 Å². The van der Waals surface area contributed by atoms with E-state index in [0.717, 1.165) is 15.6 Å². The summed E-state index contributed by atoms with van der Waals surface area (Å²) in [5.74, 6) is -1.07. The zero-order chi connectivity index (χ0) is 11.7. The van der Waals surface area contributed by atoms with E-state index in [9.17, 15) is 4.79 Å². The molecule has 7 heteroatoms. The zero-order valence-electron chi connectivity index (χ0n) is 8.84. The highest BCUT2D eigenvalue weighted by Crippen LogP contribution is 2.17. The van der Waals surface area contributed by atoms with Crippen LogP contribution in [0.5, 0.6) is 0 Å². The predicted molar refractivity (Wildman–Crippen MR) is 57.7 cm³/mol. The average molecular weight is 238 g/mol. The Morgan fingerprint density at radius 2 is 2.31 bits per heavy atom. The average Bonchev–Trinajstić information content (AvgIpc) is 2.76. The Bertz CT molecular complexity index is 512. The van der Waals surface area contributed by atoms with Crippen molar-refractivity contribution in [1.82, 2.24) is 20.0 Å². The van der Waals surface area contributed by atoms with Gasteiger partial charge in [-0.2, -0.15) is 0 Å². The number of aryl methyl sites for hydroxylation is 2. The molecule has 2 aromatic rings. The second-order valence-electron chi connectivity index (χ2n) is 3.36. The quantitative estimate of drug-likeness (QED) is 0.865. The molecule has 0 amide bonds. The minimum Gasteiger partial charge on any atom is -0.476 e. The first-order valence-electron chi connectivity index (χ1n) is 4.62. The summed E-state index contributed by atoms with van der Waals surface area (Å²) in [6, 6.07) is 0. The number of aromatic carboxylic acids is 1. The van der Waals surface area contributed by atoms with E-state index in [-0.39, 0.29) is 5.69 Å². The number of carbonyl (C=O) groups is 1. The smallest absolute Gasteiger partial charge is 0.358 e. The third-order valence-corrected chi connectivity index (χ3v) is 3.19. The van der Waals surface area contributed by atoms with Crippen LogP contribution in [0.3, 0.4) is 0 Å². The van der Waals surface area contributed by atoms with E-state index in [1.807, 2.05) is 13.8 Å². The number of thiazole rings is 1. The van der Waals surface area contributed by atoms with Crippen LogP contribution in [-0.4, -0.2) is 31.1 Å². The van der Waals surface area contributed by atoms with Crippen LogP contribution in [0.2, 0.25) is 0 Å². The maximum atomic E-state index is 10.6. The lowest BCUT2D eigenvalue weighted by Crippen LogP contribution is -2.00. The zero-order valence-corrected chi connectivity index (χ0v) is 9.65. The molecule has 2 aromatic heterocycles. The molecule has 0 saturated carbocycles. The molecule has 0 aliphatic carbocycles. The molecule has 0 fully saturated rings. The summed E-state index contributed by atoms with van der Waals surface area (Å²) >= 11 is 1.58. The van der Waals surface area contributed by atoms with E-state index in [1.165, 1.54) is 10.9 Å². The minimum absolute atomic E-state index is 0.0509. The van der Waals surface area contributed by atoms with Crippen LogP contribution in [0.15, 0.2) is 6.20 Å². The molecule has 16 heavy (non-hydrogen) atoms. The molecule has 0 unspecified atom stereocenters. The fourth-order valence-corrected chi connectivity index (χ4v) is 2.15. The van der Waals surface area contributed by atoms with Gasteiger partial charge in [-0.05, 0) is 13.8 Å². The number of hydrogen-bond donors (Lipinski definition) is 1. The van der Waals surface area contributed by atoms with Crippen LogP contribution in [0.1, 0.15) is 26.1 Å². The van der Waals surface area contributed by atoms with Crippen molar-refractivity contribution in [2.45, 2.75) is 20.4 Å². The normalized spacial score (nSPS) is 10.6. The van der Waals surface area contributed by atoms with Crippen molar-refractivity contribution in [3.8, 4) is 0 Å². The number of carboxylic acid groups (broad SMARTS) is 1. The van der Waals surface area contributed by atoms with Gasteiger partial charge >= 0.3 is 5.97 Å². The van der Waals surface area contributed by atoms with Gasteiger partial charge in [0.15, 0.2) is 5.69 Å². The fourth-order valence-electron chi connectivity index (χ4n) is 1.22. The third-order valence-electron chi connectivity index (χ3n) is 2.13. The minimum atomic E-state index is -1.07. The molecule has 6 nitrogen and oxygen atoms in total. The maximum absolute atomic E-state index is 10.6. The molecule has 0 bridgehead atoms. The lowest BCUT2D eigenvalue weighted by molar-refractivity contribution is 0.0690. The lowest BCUT2D eigenvalue weighted by Gasteiger charge is -1.93. The first-order valence-corrected chi connectivity index (χ1v) is 5.44. The largest absolute Gasteiger partial charge is 0.476 e. The van der Waals surface area contributed by atoms with Gasteiger partial charge in [0.05, 0.1) is 18.4 Å². The van der Waals surface area contributed by atoms with Gasteiger partial charge in [-0.1, -0.05) is 5.21 Å². The Kier molecular flexibility index (Phi) is 2.69. The molecule has 0 aromatic carbocycles. The maximum Gasteiger partial charge on any atom is 0.358 e. The summed E-state index contributed by atoms with van der Waals surface area (Å²) in [6.45, 7) is 4.40. The summed E-state index contributed by atoms with van der Waals surface area (Å²) in [5, 5.41) is 16.8. The Hall–Kier alpha value is -1.76. The molecule has 0 atom stereocenters. The van der Waals surface area contributed by atoms with Crippen molar-refractivity contribution in [3.63, 3.8) is 0 Å². The predicted octanol–water partition coefficient (Wildman–Crippen LogP) is 1.10. The van der Waals surface area contributed by atoms with Crippen LogP contribution < -0.4 is 0 Å². The fraction of sp³-hybridized carbons (Fsp3) is 0.333. The summed E-state index contributed by atoms with van der Waals surface area (Å²) in [7, 11) is 0. The van der Waals surface area contributed by atoms with Gasteiger partial charge in [-0.25, -0.2) is 14.5 Å². The first kappa shape index (κ1) is 10.7. The molecule has 0 saturated heterocycles. The molecular weight excluding hydrogens is 228 g/mol. The standard InChI is InChI=1S/C9H10N4O2S/c1-5-6(2)16-8(10-5)4-13-3-7(9(14)15)11-12-13/h3H,4H2,1-2H3,(H,14,15). The van der Waals surface area contributed by atoms with Crippen molar-refractivity contribution < 1.29 is 9.90 Å². The Morgan fingerprint density at radius 3 is 2.81 bits per heavy atom. The second kappa shape index (κ2) is 4.01. The Labute approximate surface area is 95.6 Å². The van der Waals surface area contributed by atoms with Gasteiger partial charge in [-0.3, -0.25) is 0 Å². The summed E-state index contributed by atoms with van der Waals surface area (Å²) in [4.78, 5) is 16.1. The van der Waals surface area contributed by atoms with Crippen LogP contribution in [-0.2, 0) is 6.54 Å². The van der Waals surface area contributed by atoms with Gasteiger partial charge in [0, 0.05) is 4.88 Å². The van der Waals surface area contributed by atoms with E-state index in [1.54, 1.807) is 11.3 Å². The molecule has 2 heterocycles. The van der Waals surface area contributed by atoms with E-state index in [2.05, 4.69) is 15.3 Å². The summed E-state index contributed by atoms with van der Waals surface area (Å²) in [5.41, 5.74) is 0.948. The van der Waals surface area contributed by atoms with E-state index in [0.29, 0.717) is 6.54 Å². The van der Waals surface area contributed by atoms with E-state index in [4.69, 9.17) is 5.11 Å². The molecule has 0 radical (unpaired) electrons. The van der Waals surface area contributed by atoms with Crippen molar-refractivity contribution in [2.24, 2.45) is 0 Å². The van der Waals surface area contributed by atoms with Crippen LogP contribution >= 0.6 is 11.3 Å². The van der Waals surface area contributed by atoms with Gasteiger partial charge in [0.2, 0.25) is 0 Å². The van der Waals surface area contributed by atoms with E-state index < -0.39 is 5.97 Å². The topological polar surface area (TPSA) is 80.9 Å². The van der Waals surface area contributed by atoms with Gasteiger partial charge in [-0.15, -0.1) is 16.4 Å². The van der Waals surface area contributed by atoms with Crippen LogP contribution in [0, 0.1) is 13.8 Å². The number of rotatable bonds is 3. The van der Waals surface area contributed by atoms with Gasteiger partial charge in [0.25, 0.3) is 0 Å². The molecule has 1 N–H and O–H groups in total. The Balaban J connectivity index is 2.17. The van der Waals surface area contributed by atoms with Gasteiger partial charge < -0.3 is 5.11 Å². The molecule has 0 aliphatic heterocycles. The number of hydrogen-bond acceptors (Lipinski definition) is 5. The monoisotopic (exact) mass is 238 g/mol. The lowest BCUT2D eigenvalue weighted by atomic mass is 10.4. The van der Waals surface area contributed by atoms with Crippen LogP contribution in [0.4, 0.5) is 0 Å². The van der Waals surface area contributed by atoms with Crippen LogP contribution in [0.25, 0.3) is 0 Å². The number of carboxylic acids is 1. The van der Waals surface area contributed by atoms with E-state index >= 15 is 0 Å². The highest BCUT2D eigenvalue weighted by Gasteiger charge is 2.10. The first-order chi connectivity index (χ1) is 7.56. The highest BCUT2D eigenvalue weighted by molar-refractivity contribution is 7.11. The molecular formula is C9H10N4O2S. The molecule has 84 valence electrons. The number of nitrogens with zero attached hydrogens (tertiary/aromatic N) is 4. The SMILES string of the molecule is Cc1nc(Cn2cc(C(=O)O)nn2)sc1C. The second-order valence-corrected chi connectivity index (χ2v) is 4.64. The van der Waals surface area contributed by atoms with Gasteiger partial charge in [0.1, 0.15) is 5.01 Å². The Morgan fingerprint density at radius 1 is 1.56 bits per heavy atom. The summed E-state index contributed by atoms with van der Waals surface area (Å²) in [6.07, 6.45) is 1.40. The third kappa shape index (κ3) is 2.08. The highest BCUT2D eigenvalue weighted by atomic mass is 32.1. The van der Waals surface area contributed by atoms with Crippen molar-refractivity contribution >= 4 is 17.3 Å². The van der Waals surface area contributed by atoms with Crippen molar-refractivity contribution in [2.75, 3.05) is 0 Å². The summed E-state index contributed by atoms with van der Waals surface area (Å²) < 4.78 is 1.47. The molecule has 2 rings (SSSR count).